The zero-order valence-corrected chi connectivity index (χ0v) is 10.4. The van der Waals surface area contributed by atoms with Crippen molar-refractivity contribution < 1.29 is 9.13 Å². The maximum atomic E-state index is 14.0. The lowest BCUT2D eigenvalue weighted by Gasteiger charge is -2.15. The highest BCUT2D eigenvalue weighted by Gasteiger charge is 2.22. The van der Waals surface area contributed by atoms with Gasteiger partial charge in [-0.2, -0.15) is 0 Å². The number of ether oxygens (including phenoxy) is 1. The standard InChI is InChI=1S/C15H18FNO/c16-15-9-13(18-10-11-1-2-11)3-4-14(15)12-5-7-17-8-6-12/h3-5,9,11,17H,1-2,6-8,10H2. The van der Waals surface area contributed by atoms with Gasteiger partial charge in [0.2, 0.25) is 0 Å². The molecule has 0 saturated heterocycles. The van der Waals surface area contributed by atoms with Crippen molar-refractivity contribution in [2.24, 2.45) is 5.92 Å². The molecule has 0 aromatic heterocycles. The average molecular weight is 247 g/mol. The van der Waals surface area contributed by atoms with Gasteiger partial charge in [-0.15, -0.1) is 0 Å². The fourth-order valence-corrected chi connectivity index (χ4v) is 2.21. The Labute approximate surface area is 107 Å². The number of rotatable bonds is 4. The van der Waals surface area contributed by atoms with E-state index < -0.39 is 0 Å². The molecule has 0 unspecified atom stereocenters. The van der Waals surface area contributed by atoms with E-state index in [1.807, 2.05) is 12.1 Å². The summed E-state index contributed by atoms with van der Waals surface area (Å²) in [5.74, 6) is 1.17. The molecule has 0 bridgehead atoms. The Kier molecular flexibility index (Phi) is 3.33. The average Bonchev–Trinajstić information content (AvgIpc) is 3.21. The van der Waals surface area contributed by atoms with Gasteiger partial charge < -0.3 is 10.1 Å². The summed E-state index contributed by atoms with van der Waals surface area (Å²) >= 11 is 0. The quantitative estimate of drug-likeness (QED) is 0.883. The molecular formula is C15H18FNO. The first kappa shape index (κ1) is 11.7. The fraction of sp³-hybridized carbons (Fsp3) is 0.467. The monoisotopic (exact) mass is 247 g/mol. The van der Waals surface area contributed by atoms with Gasteiger partial charge in [-0.1, -0.05) is 6.08 Å². The molecule has 1 aliphatic carbocycles. The van der Waals surface area contributed by atoms with Crippen molar-refractivity contribution in [3.8, 4) is 5.75 Å². The number of nitrogens with one attached hydrogen (secondary N) is 1. The lowest BCUT2D eigenvalue weighted by molar-refractivity contribution is 0.298. The summed E-state index contributed by atoms with van der Waals surface area (Å²) in [6.07, 6.45) is 5.45. The maximum absolute atomic E-state index is 14.0. The largest absolute Gasteiger partial charge is 0.493 e. The van der Waals surface area contributed by atoms with E-state index in [0.29, 0.717) is 11.7 Å². The molecule has 1 saturated carbocycles. The van der Waals surface area contributed by atoms with Gasteiger partial charge in [-0.25, -0.2) is 4.39 Å². The summed E-state index contributed by atoms with van der Waals surface area (Å²) in [5, 5.41) is 3.23. The second-order valence-corrected chi connectivity index (χ2v) is 5.08. The molecule has 0 atom stereocenters. The van der Waals surface area contributed by atoms with Crippen LogP contribution in [-0.4, -0.2) is 19.7 Å². The molecule has 1 N–H and O–H groups in total. The molecular weight excluding hydrogens is 229 g/mol. The van der Waals surface area contributed by atoms with Crippen molar-refractivity contribution in [3.63, 3.8) is 0 Å². The van der Waals surface area contributed by atoms with E-state index in [1.165, 1.54) is 18.9 Å². The third-order valence-corrected chi connectivity index (χ3v) is 3.53. The highest BCUT2D eigenvalue weighted by molar-refractivity contribution is 5.67. The van der Waals surface area contributed by atoms with E-state index in [-0.39, 0.29) is 5.82 Å². The van der Waals surface area contributed by atoms with Gasteiger partial charge in [-0.05, 0) is 49.4 Å². The summed E-state index contributed by atoms with van der Waals surface area (Å²) in [5.41, 5.74) is 1.82. The smallest absolute Gasteiger partial charge is 0.134 e. The van der Waals surface area contributed by atoms with Gasteiger partial charge in [0.1, 0.15) is 11.6 Å². The minimum absolute atomic E-state index is 0.170. The van der Waals surface area contributed by atoms with Crippen LogP contribution in [0.3, 0.4) is 0 Å². The predicted molar refractivity (Wildman–Crippen MR) is 70.1 cm³/mol. The third kappa shape index (κ3) is 2.72. The Balaban J connectivity index is 1.73. The highest BCUT2D eigenvalue weighted by atomic mass is 19.1. The van der Waals surface area contributed by atoms with Gasteiger partial charge in [0.05, 0.1) is 6.61 Å². The van der Waals surface area contributed by atoms with Crippen LogP contribution in [0.25, 0.3) is 5.57 Å². The van der Waals surface area contributed by atoms with E-state index in [1.54, 1.807) is 0 Å². The van der Waals surface area contributed by atoms with Crippen LogP contribution >= 0.6 is 0 Å². The highest BCUT2D eigenvalue weighted by Crippen LogP contribution is 2.30. The van der Waals surface area contributed by atoms with Gasteiger partial charge in [0.25, 0.3) is 0 Å². The summed E-state index contributed by atoms with van der Waals surface area (Å²) in [6.45, 7) is 2.48. The summed E-state index contributed by atoms with van der Waals surface area (Å²) in [4.78, 5) is 0. The molecule has 3 heteroatoms. The summed E-state index contributed by atoms with van der Waals surface area (Å²) in [7, 11) is 0. The Hall–Kier alpha value is -1.35. The number of benzene rings is 1. The maximum Gasteiger partial charge on any atom is 0.134 e. The number of hydrogen-bond donors (Lipinski definition) is 1. The van der Waals surface area contributed by atoms with Crippen molar-refractivity contribution in [2.45, 2.75) is 19.3 Å². The lowest BCUT2D eigenvalue weighted by atomic mass is 10.00. The van der Waals surface area contributed by atoms with Crippen LogP contribution in [0.2, 0.25) is 0 Å². The van der Waals surface area contributed by atoms with E-state index >= 15 is 0 Å². The Bertz CT molecular complexity index is 466. The van der Waals surface area contributed by atoms with Crippen LogP contribution in [0.5, 0.6) is 5.75 Å². The Morgan fingerprint density at radius 1 is 1.33 bits per heavy atom. The predicted octanol–water partition coefficient (Wildman–Crippen LogP) is 2.99. The molecule has 1 aromatic rings. The van der Waals surface area contributed by atoms with Crippen LogP contribution in [0.15, 0.2) is 24.3 Å². The number of hydrogen-bond acceptors (Lipinski definition) is 2. The second-order valence-electron chi connectivity index (χ2n) is 5.08. The van der Waals surface area contributed by atoms with Crippen molar-refractivity contribution in [1.82, 2.24) is 5.32 Å². The second kappa shape index (κ2) is 5.11. The van der Waals surface area contributed by atoms with Crippen LogP contribution in [0, 0.1) is 11.7 Å². The molecule has 1 aliphatic heterocycles. The minimum Gasteiger partial charge on any atom is -0.493 e. The summed E-state index contributed by atoms with van der Waals surface area (Å²) < 4.78 is 19.6. The normalized spacial score (nSPS) is 19.5. The van der Waals surface area contributed by atoms with Gasteiger partial charge in [-0.3, -0.25) is 0 Å². The molecule has 1 fully saturated rings. The molecule has 1 heterocycles. The first-order valence-corrected chi connectivity index (χ1v) is 6.65. The van der Waals surface area contributed by atoms with Crippen molar-refractivity contribution in [1.29, 1.82) is 0 Å². The molecule has 3 rings (SSSR count). The molecule has 0 radical (unpaired) electrons. The van der Waals surface area contributed by atoms with Crippen LogP contribution < -0.4 is 10.1 Å². The van der Waals surface area contributed by atoms with Crippen molar-refractivity contribution in [2.75, 3.05) is 19.7 Å². The Morgan fingerprint density at radius 2 is 2.22 bits per heavy atom. The van der Waals surface area contributed by atoms with E-state index in [9.17, 15) is 4.39 Å². The molecule has 0 spiro atoms. The first-order chi connectivity index (χ1) is 8.83. The molecule has 0 amide bonds. The van der Waals surface area contributed by atoms with Crippen LogP contribution in [-0.2, 0) is 0 Å². The zero-order valence-electron chi connectivity index (χ0n) is 10.4. The molecule has 96 valence electrons. The molecule has 2 aliphatic rings. The summed E-state index contributed by atoms with van der Waals surface area (Å²) in [6, 6.07) is 5.24. The fourth-order valence-electron chi connectivity index (χ4n) is 2.21. The molecule has 2 nitrogen and oxygen atoms in total. The van der Waals surface area contributed by atoms with Crippen LogP contribution in [0.4, 0.5) is 4.39 Å². The van der Waals surface area contributed by atoms with Crippen molar-refractivity contribution >= 4 is 5.57 Å². The van der Waals surface area contributed by atoms with Gasteiger partial charge in [0.15, 0.2) is 0 Å². The van der Waals surface area contributed by atoms with E-state index in [4.69, 9.17) is 4.74 Å². The van der Waals surface area contributed by atoms with E-state index in [0.717, 1.165) is 37.3 Å². The lowest BCUT2D eigenvalue weighted by Crippen LogP contribution is -2.20. The SMILES string of the molecule is Fc1cc(OCC2CC2)ccc1C1=CCNCC1. The Morgan fingerprint density at radius 3 is 2.89 bits per heavy atom. The van der Waals surface area contributed by atoms with Crippen molar-refractivity contribution in [3.05, 3.63) is 35.7 Å². The zero-order chi connectivity index (χ0) is 12.4. The van der Waals surface area contributed by atoms with Crippen LogP contribution in [0.1, 0.15) is 24.8 Å². The number of halogens is 1. The molecule has 1 aromatic carbocycles. The molecule has 18 heavy (non-hydrogen) atoms. The topological polar surface area (TPSA) is 21.3 Å². The van der Waals surface area contributed by atoms with Gasteiger partial charge in [0, 0.05) is 18.2 Å². The third-order valence-electron chi connectivity index (χ3n) is 3.53. The minimum atomic E-state index is -0.170. The van der Waals surface area contributed by atoms with E-state index in [2.05, 4.69) is 11.4 Å². The van der Waals surface area contributed by atoms with Gasteiger partial charge >= 0.3 is 0 Å². The first-order valence-electron chi connectivity index (χ1n) is 6.65.